The molecule has 20 heavy (non-hydrogen) atoms. The van der Waals surface area contributed by atoms with Crippen LogP contribution in [0.4, 0.5) is 0 Å². The highest BCUT2D eigenvalue weighted by Crippen LogP contribution is 2.42. The first-order chi connectivity index (χ1) is 9.78. The number of benzene rings is 1. The van der Waals surface area contributed by atoms with Crippen LogP contribution in [0.2, 0.25) is 0 Å². The van der Waals surface area contributed by atoms with Crippen molar-refractivity contribution in [1.29, 1.82) is 0 Å². The fourth-order valence-corrected chi connectivity index (χ4v) is 3.80. The molecule has 0 unspecified atom stereocenters. The molecule has 0 spiro atoms. The summed E-state index contributed by atoms with van der Waals surface area (Å²) >= 11 is 0. The predicted octanol–water partition coefficient (Wildman–Crippen LogP) is 4.87. The average Bonchev–Trinajstić information content (AvgIpc) is 2.48. The molecule has 1 aliphatic carbocycles. The first kappa shape index (κ1) is 15.6. The van der Waals surface area contributed by atoms with Gasteiger partial charge in [0, 0.05) is 0 Å². The van der Waals surface area contributed by atoms with Crippen molar-refractivity contribution in [1.82, 2.24) is 0 Å². The average molecular weight is 273 g/mol. The molecule has 0 radical (unpaired) electrons. The van der Waals surface area contributed by atoms with E-state index < -0.39 is 0 Å². The molecule has 0 saturated heterocycles. The Bertz CT molecular complexity index is 368. The molecular formula is C19H31N. The highest BCUT2D eigenvalue weighted by atomic mass is 14.5. The van der Waals surface area contributed by atoms with Gasteiger partial charge in [0.05, 0.1) is 0 Å². The molecule has 0 amide bonds. The lowest BCUT2D eigenvalue weighted by Gasteiger charge is -2.37. The zero-order chi connectivity index (χ0) is 14.3. The Morgan fingerprint density at radius 3 is 2.05 bits per heavy atom. The topological polar surface area (TPSA) is 26.0 Å². The third-order valence-electron chi connectivity index (χ3n) is 5.09. The van der Waals surface area contributed by atoms with Gasteiger partial charge in [-0.3, -0.25) is 0 Å². The Kier molecular flexibility index (Phi) is 6.09. The van der Waals surface area contributed by atoms with E-state index in [9.17, 15) is 0 Å². The minimum atomic E-state index is 0.551. The normalized spacial score (nSPS) is 18.1. The molecule has 1 aliphatic rings. The summed E-state index contributed by atoms with van der Waals surface area (Å²) in [7, 11) is 0. The van der Waals surface area contributed by atoms with Crippen LogP contribution in [0.15, 0.2) is 24.3 Å². The molecule has 0 atom stereocenters. The lowest BCUT2D eigenvalue weighted by molar-refractivity contribution is 0.161. The first-order valence-electron chi connectivity index (χ1n) is 8.56. The maximum absolute atomic E-state index is 5.87. The molecule has 2 N–H and O–H groups in total. The molecular weight excluding hydrogens is 242 g/mol. The van der Waals surface area contributed by atoms with Crippen molar-refractivity contribution in [2.24, 2.45) is 11.1 Å². The Balaban J connectivity index is 1.91. The van der Waals surface area contributed by atoms with E-state index in [1.165, 1.54) is 75.3 Å². The Morgan fingerprint density at radius 1 is 0.900 bits per heavy atom. The standard InChI is InChI=1S/C19H31N/c1-2-6-17-7-9-18(10-8-17)11-14-19(15-16-20)12-4-3-5-13-19/h7-10H,2-6,11-16,20H2,1H3. The minimum Gasteiger partial charge on any atom is -0.330 e. The summed E-state index contributed by atoms with van der Waals surface area (Å²) < 4.78 is 0. The van der Waals surface area contributed by atoms with Crippen LogP contribution < -0.4 is 5.73 Å². The molecule has 0 aliphatic heterocycles. The maximum Gasteiger partial charge on any atom is -0.00720 e. The molecule has 1 heteroatoms. The van der Waals surface area contributed by atoms with E-state index in [4.69, 9.17) is 5.73 Å². The number of nitrogens with two attached hydrogens (primary N) is 1. The number of rotatable bonds is 7. The smallest absolute Gasteiger partial charge is 0.00720 e. The van der Waals surface area contributed by atoms with Gasteiger partial charge in [0.2, 0.25) is 0 Å². The van der Waals surface area contributed by atoms with E-state index in [0.29, 0.717) is 5.41 Å². The van der Waals surface area contributed by atoms with Gasteiger partial charge in [0.25, 0.3) is 0 Å². The van der Waals surface area contributed by atoms with Crippen LogP contribution in [0.5, 0.6) is 0 Å². The summed E-state index contributed by atoms with van der Waals surface area (Å²) in [5.41, 5.74) is 9.40. The van der Waals surface area contributed by atoms with Crippen LogP contribution in [-0.2, 0) is 12.8 Å². The summed E-state index contributed by atoms with van der Waals surface area (Å²) in [6.07, 6.45) is 13.3. The number of hydrogen-bond donors (Lipinski definition) is 1. The molecule has 0 aromatic heterocycles. The Morgan fingerprint density at radius 2 is 1.50 bits per heavy atom. The van der Waals surface area contributed by atoms with Crippen LogP contribution in [0.1, 0.15) is 69.4 Å². The van der Waals surface area contributed by atoms with Crippen LogP contribution in [0.25, 0.3) is 0 Å². The minimum absolute atomic E-state index is 0.551. The Hall–Kier alpha value is -0.820. The van der Waals surface area contributed by atoms with Crippen LogP contribution in [0.3, 0.4) is 0 Å². The molecule has 1 saturated carbocycles. The molecule has 1 fully saturated rings. The van der Waals surface area contributed by atoms with Crippen molar-refractivity contribution >= 4 is 0 Å². The molecule has 0 bridgehead atoms. The SMILES string of the molecule is CCCc1ccc(CCC2(CCN)CCCCC2)cc1. The van der Waals surface area contributed by atoms with E-state index in [2.05, 4.69) is 31.2 Å². The highest BCUT2D eigenvalue weighted by Gasteiger charge is 2.30. The summed E-state index contributed by atoms with van der Waals surface area (Å²) in [6, 6.07) is 9.30. The molecule has 112 valence electrons. The van der Waals surface area contributed by atoms with Crippen molar-refractivity contribution in [3.8, 4) is 0 Å². The second-order valence-electron chi connectivity index (χ2n) is 6.67. The van der Waals surface area contributed by atoms with E-state index in [1.54, 1.807) is 0 Å². The van der Waals surface area contributed by atoms with Crippen molar-refractivity contribution < 1.29 is 0 Å². The molecule has 1 aromatic rings. The number of hydrogen-bond acceptors (Lipinski definition) is 1. The van der Waals surface area contributed by atoms with Gasteiger partial charge in [-0.15, -0.1) is 0 Å². The predicted molar refractivity (Wildman–Crippen MR) is 87.9 cm³/mol. The maximum atomic E-state index is 5.87. The fourth-order valence-electron chi connectivity index (χ4n) is 3.80. The van der Waals surface area contributed by atoms with Gasteiger partial charge < -0.3 is 5.73 Å². The third kappa shape index (κ3) is 4.34. The number of aryl methyl sites for hydroxylation is 2. The fraction of sp³-hybridized carbons (Fsp3) is 0.684. The van der Waals surface area contributed by atoms with Gasteiger partial charge in [-0.25, -0.2) is 0 Å². The van der Waals surface area contributed by atoms with Crippen molar-refractivity contribution in [2.75, 3.05) is 6.54 Å². The van der Waals surface area contributed by atoms with Crippen molar-refractivity contribution in [3.05, 3.63) is 35.4 Å². The summed E-state index contributed by atoms with van der Waals surface area (Å²) in [5, 5.41) is 0. The van der Waals surface area contributed by atoms with E-state index in [-0.39, 0.29) is 0 Å². The van der Waals surface area contributed by atoms with E-state index in [0.717, 1.165) is 6.54 Å². The van der Waals surface area contributed by atoms with Crippen LogP contribution in [-0.4, -0.2) is 6.54 Å². The highest BCUT2D eigenvalue weighted by molar-refractivity contribution is 5.22. The quantitative estimate of drug-likeness (QED) is 0.753. The summed E-state index contributed by atoms with van der Waals surface area (Å²) in [5.74, 6) is 0. The summed E-state index contributed by atoms with van der Waals surface area (Å²) in [6.45, 7) is 3.10. The van der Waals surface area contributed by atoms with Gasteiger partial charge in [0.1, 0.15) is 0 Å². The van der Waals surface area contributed by atoms with Crippen LogP contribution >= 0.6 is 0 Å². The zero-order valence-corrected chi connectivity index (χ0v) is 13.2. The van der Waals surface area contributed by atoms with Crippen molar-refractivity contribution in [2.45, 2.75) is 71.1 Å². The van der Waals surface area contributed by atoms with Crippen LogP contribution in [0, 0.1) is 5.41 Å². The van der Waals surface area contributed by atoms with E-state index >= 15 is 0 Å². The molecule has 2 rings (SSSR count). The zero-order valence-electron chi connectivity index (χ0n) is 13.2. The second kappa shape index (κ2) is 7.83. The van der Waals surface area contributed by atoms with E-state index in [1.807, 2.05) is 0 Å². The van der Waals surface area contributed by atoms with Gasteiger partial charge in [-0.2, -0.15) is 0 Å². The molecule has 1 nitrogen and oxygen atoms in total. The second-order valence-corrected chi connectivity index (χ2v) is 6.67. The lowest BCUT2D eigenvalue weighted by Crippen LogP contribution is -2.27. The first-order valence-corrected chi connectivity index (χ1v) is 8.56. The molecule has 0 heterocycles. The lowest BCUT2D eigenvalue weighted by atomic mass is 9.68. The molecule has 1 aromatic carbocycles. The largest absolute Gasteiger partial charge is 0.330 e. The Labute approximate surface area is 125 Å². The monoisotopic (exact) mass is 273 g/mol. The van der Waals surface area contributed by atoms with Gasteiger partial charge in [0.15, 0.2) is 0 Å². The summed E-state index contributed by atoms with van der Waals surface area (Å²) in [4.78, 5) is 0. The van der Waals surface area contributed by atoms with Gasteiger partial charge in [-0.05, 0) is 61.6 Å². The van der Waals surface area contributed by atoms with Crippen molar-refractivity contribution in [3.63, 3.8) is 0 Å². The van der Waals surface area contributed by atoms with Gasteiger partial charge >= 0.3 is 0 Å². The van der Waals surface area contributed by atoms with Gasteiger partial charge in [-0.1, -0.05) is 56.9 Å². The third-order valence-corrected chi connectivity index (χ3v) is 5.09.